The van der Waals surface area contributed by atoms with Crippen molar-refractivity contribution in [3.63, 3.8) is 0 Å². The van der Waals surface area contributed by atoms with Crippen LogP contribution in [0.1, 0.15) is 62.4 Å². The van der Waals surface area contributed by atoms with Crippen LogP contribution in [-0.2, 0) is 35.2 Å². The molecular formula is C22H34O4. The minimum absolute atomic E-state index is 0.0924. The zero-order valence-electron chi connectivity index (χ0n) is 17.2. The fourth-order valence-corrected chi connectivity index (χ4v) is 3.52. The van der Waals surface area contributed by atoms with Gasteiger partial charge in [-0.1, -0.05) is 34.3 Å². The fraction of sp³-hybridized carbons (Fsp3) is 0.591. The summed E-state index contributed by atoms with van der Waals surface area (Å²) in [5, 5.41) is 10.1. The molecule has 0 aliphatic rings. The second kappa shape index (κ2) is 10.4. The summed E-state index contributed by atoms with van der Waals surface area (Å²) >= 11 is 0. The van der Waals surface area contributed by atoms with Gasteiger partial charge in [0.25, 0.3) is 0 Å². The van der Waals surface area contributed by atoms with Crippen LogP contribution < -0.4 is 4.74 Å². The summed E-state index contributed by atoms with van der Waals surface area (Å²) < 4.78 is 11.0. The minimum Gasteiger partial charge on any atom is -0.490 e. The van der Waals surface area contributed by atoms with Crippen molar-refractivity contribution in [1.82, 2.24) is 0 Å². The first kappa shape index (κ1) is 22.2. The van der Waals surface area contributed by atoms with Crippen molar-refractivity contribution in [3.05, 3.63) is 40.0 Å². The number of ether oxygens (including phenoxy) is 2. The summed E-state index contributed by atoms with van der Waals surface area (Å²) in [6.07, 6.45) is 2.95. The van der Waals surface area contributed by atoms with E-state index in [1.165, 1.54) is 22.3 Å². The molecule has 1 N–H and O–H groups in total. The summed E-state index contributed by atoms with van der Waals surface area (Å²) in [5.74, 6) is 0.381. The average molecular weight is 363 g/mol. The summed E-state index contributed by atoms with van der Waals surface area (Å²) in [4.78, 5) is 11.4. The zero-order valence-corrected chi connectivity index (χ0v) is 17.2. The van der Waals surface area contributed by atoms with E-state index in [-0.39, 0.29) is 13.2 Å². The van der Waals surface area contributed by atoms with Crippen LogP contribution in [0.5, 0.6) is 5.75 Å². The molecule has 0 aromatic heterocycles. The van der Waals surface area contributed by atoms with Crippen LogP contribution in [0, 0.1) is 6.92 Å². The summed E-state index contributed by atoms with van der Waals surface area (Å²) in [6.45, 7) is 15.9. The van der Waals surface area contributed by atoms with Crippen molar-refractivity contribution in [3.8, 4) is 5.75 Å². The first-order valence-corrected chi connectivity index (χ1v) is 9.61. The van der Waals surface area contributed by atoms with Gasteiger partial charge in [0.15, 0.2) is 0 Å². The van der Waals surface area contributed by atoms with E-state index in [0.29, 0.717) is 5.57 Å². The molecule has 1 aromatic rings. The maximum absolute atomic E-state index is 11.4. The monoisotopic (exact) mass is 362 g/mol. The van der Waals surface area contributed by atoms with Gasteiger partial charge in [0.2, 0.25) is 0 Å². The van der Waals surface area contributed by atoms with E-state index in [1.807, 2.05) is 0 Å². The summed E-state index contributed by atoms with van der Waals surface area (Å²) in [5.41, 5.74) is 6.86. The van der Waals surface area contributed by atoms with Gasteiger partial charge in [-0.3, -0.25) is 0 Å². The largest absolute Gasteiger partial charge is 0.490 e. The molecule has 4 nitrogen and oxygen atoms in total. The average Bonchev–Trinajstić information content (AvgIpc) is 2.63. The molecular weight excluding hydrogens is 328 g/mol. The van der Waals surface area contributed by atoms with Gasteiger partial charge >= 0.3 is 5.97 Å². The molecule has 0 fully saturated rings. The molecule has 26 heavy (non-hydrogen) atoms. The molecule has 1 aromatic carbocycles. The van der Waals surface area contributed by atoms with Crippen molar-refractivity contribution >= 4 is 5.97 Å². The van der Waals surface area contributed by atoms with E-state index >= 15 is 0 Å². The number of rotatable bonds is 10. The van der Waals surface area contributed by atoms with Gasteiger partial charge in [0.1, 0.15) is 25.1 Å². The molecule has 0 heterocycles. The Balaban J connectivity index is 3.05. The number of carbonyl (C=O) groups excluding carboxylic acids is 1. The van der Waals surface area contributed by atoms with Crippen LogP contribution >= 0.6 is 0 Å². The number of carbonyl (C=O) groups is 1. The standard InChI is InChI=1S/C22H34O4/c1-8-17-15(7)21(20(11-4)19(10-3)18(17)9-2)25-12-16(23)13-26-22(24)14(5)6/h16,23H,5,8-13H2,1-4,6-7H3. The van der Waals surface area contributed by atoms with E-state index in [9.17, 15) is 9.90 Å². The van der Waals surface area contributed by atoms with E-state index in [2.05, 4.69) is 41.2 Å². The maximum atomic E-state index is 11.4. The van der Waals surface area contributed by atoms with Crippen molar-refractivity contribution in [2.75, 3.05) is 13.2 Å². The molecule has 1 atom stereocenters. The van der Waals surface area contributed by atoms with Gasteiger partial charge in [-0.25, -0.2) is 4.79 Å². The number of hydrogen-bond acceptors (Lipinski definition) is 4. The molecule has 0 bridgehead atoms. The lowest BCUT2D eigenvalue weighted by Crippen LogP contribution is -2.26. The second-order valence-corrected chi connectivity index (χ2v) is 6.63. The lowest BCUT2D eigenvalue weighted by molar-refractivity contribution is -0.142. The Bertz CT molecular complexity index is 646. The highest BCUT2D eigenvalue weighted by Gasteiger charge is 2.20. The van der Waals surface area contributed by atoms with E-state index in [1.54, 1.807) is 6.92 Å². The maximum Gasteiger partial charge on any atom is 0.333 e. The third-order valence-corrected chi connectivity index (χ3v) is 4.75. The Labute approximate surface area is 158 Å². The molecule has 0 amide bonds. The topological polar surface area (TPSA) is 55.8 Å². The SMILES string of the molecule is C=C(C)C(=O)OCC(O)COc1c(C)c(CC)c(CC)c(CC)c1CC. The zero-order chi connectivity index (χ0) is 19.9. The first-order valence-electron chi connectivity index (χ1n) is 9.61. The molecule has 1 rings (SSSR count). The van der Waals surface area contributed by atoms with Crippen molar-refractivity contribution < 1.29 is 19.4 Å². The van der Waals surface area contributed by atoms with Gasteiger partial charge < -0.3 is 14.6 Å². The molecule has 1 unspecified atom stereocenters. The highest BCUT2D eigenvalue weighted by Crippen LogP contribution is 2.35. The highest BCUT2D eigenvalue weighted by molar-refractivity contribution is 5.86. The Kier molecular flexibility index (Phi) is 8.86. The Morgan fingerprint density at radius 1 is 0.962 bits per heavy atom. The van der Waals surface area contributed by atoms with Gasteiger partial charge in [-0.15, -0.1) is 0 Å². The molecule has 0 aliphatic carbocycles. The van der Waals surface area contributed by atoms with E-state index < -0.39 is 12.1 Å². The Hall–Kier alpha value is -1.81. The molecule has 0 spiro atoms. The Morgan fingerprint density at radius 2 is 1.46 bits per heavy atom. The quantitative estimate of drug-likeness (QED) is 0.503. The minimum atomic E-state index is -0.872. The highest BCUT2D eigenvalue weighted by atomic mass is 16.5. The Morgan fingerprint density at radius 3 is 1.92 bits per heavy atom. The summed E-state index contributed by atoms with van der Waals surface area (Å²) in [6, 6.07) is 0. The predicted octanol–water partition coefficient (Wildman–Crippen LogP) is 4.10. The molecule has 146 valence electrons. The molecule has 0 aliphatic heterocycles. The van der Waals surface area contributed by atoms with Crippen molar-refractivity contribution in [2.45, 2.75) is 73.3 Å². The first-order chi connectivity index (χ1) is 12.3. The van der Waals surface area contributed by atoms with Crippen LogP contribution in [0.25, 0.3) is 0 Å². The van der Waals surface area contributed by atoms with Crippen LogP contribution in [0.15, 0.2) is 12.2 Å². The molecule has 0 radical (unpaired) electrons. The van der Waals surface area contributed by atoms with Crippen LogP contribution in [0.4, 0.5) is 0 Å². The van der Waals surface area contributed by atoms with Gasteiger partial charge in [-0.05, 0) is 67.3 Å². The number of benzene rings is 1. The smallest absolute Gasteiger partial charge is 0.333 e. The number of hydrogen-bond donors (Lipinski definition) is 1. The van der Waals surface area contributed by atoms with Gasteiger partial charge in [0, 0.05) is 5.57 Å². The third kappa shape index (κ3) is 5.10. The lowest BCUT2D eigenvalue weighted by atomic mass is 9.86. The fourth-order valence-electron chi connectivity index (χ4n) is 3.52. The van der Waals surface area contributed by atoms with Gasteiger partial charge in [0.05, 0.1) is 0 Å². The van der Waals surface area contributed by atoms with Gasteiger partial charge in [-0.2, -0.15) is 0 Å². The summed E-state index contributed by atoms with van der Waals surface area (Å²) in [7, 11) is 0. The van der Waals surface area contributed by atoms with Crippen molar-refractivity contribution in [2.24, 2.45) is 0 Å². The predicted molar refractivity (Wildman–Crippen MR) is 106 cm³/mol. The number of esters is 1. The number of aliphatic hydroxyl groups excluding tert-OH is 1. The van der Waals surface area contributed by atoms with Crippen LogP contribution in [0.3, 0.4) is 0 Å². The lowest BCUT2D eigenvalue weighted by Gasteiger charge is -2.24. The van der Waals surface area contributed by atoms with Crippen LogP contribution in [-0.4, -0.2) is 30.4 Å². The van der Waals surface area contributed by atoms with E-state index in [4.69, 9.17) is 9.47 Å². The third-order valence-electron chi connectivity index (χ3n) is 4.75. The normalized spacial score (nSPS) is 12.0. The van der Waals surface area contributed by atoms with Crippen LogP contribution in [0.2, 0.25) is 0 Å². The van der Waals surface area contributed by atoms with E-state index in [0.717, 1.165) is 37.0 Å². The number of aliphatic hydroxyl groups is 1. The molecule has 4 heteroatoms. The molecule has 0 saturated carbocycles. The second-order valence-electron chi connectivity index (χ2n) is 6.63. The van der Waals surface area contributed by atoms with Crippen molar-refractivity contribution in [1.29, 1.82) is 0 Å². The molecule has 0 saturated heterocycles.